The molecule has 8 nitrogen and oxygen atoms in total. The summed E-state index contributed by atoms with van der Waals surface area (Å²) in [7, 11) is 1.47. The summed E-state index contributed by atoms with van der Waals surface area (Å²) in [4.78, 5) is 9.87. The molecule has 0 unspecified atom stereocenters. The first-order valence-corrected chi connectivity index (χ1v) is 7.11. The van der Waals surface area contributed by atoms with E-state index in [1.54, 1.807) is 18.2 Å². The molecular weight excluding hydrogens is 300 g/mol. The minimum atomic E-state index is -0.790. The Morgan fingerprint density at radius 1 is 1.17 bits per heavy atom. The number of rotatable bonds is 3. The molecule has 0 bridgehead atoms. The van der Waals surface area contributed by atoms with Crippen molar-refractivity contribution in [1.82, 2.24) is 9.97 Å². The van der Waals surface area contributed by atoms with E-state index in [0.29, 0.717) is 30.2 Å². The third kappa shape index (κ3) is 2.99. The second-order valence-corrected chi connectivity index (χ2v) is 5.39. The number of aromatic nitrogens is 2. The van der Waals surface area contributed by atoms with Crippen LogP contribution in [0.4, 0.5) is 11.6 Å². The molecule has 2 aromatic rings. The fourth-order valence-electron chi connectivity index (χ4n) is 2.59. The molecule has 1 fully saturated rings. The second-order valence-electron chi connectivity index (χ2n) is 5.39. The summed E-state index contributed by atoms with van der Waals surface area (Å²) in [5, 5.41) is 29.5. The lowest BCUT2D eigenvalue weighted by molar-refractivity contribution is 0.0572. The zero-order chi connectivity index (χ0) is 16.6. The fraction of sp³-hybridized carbons (Fsp3) is 0.333. The number of hydrogen-bond acceptors (Lipinski definition) is 8. The number of β-amino-alcohol motifs (C(OH)–C–C–N with tert-alkyl or cyclic N) is 2. The zero-order valence-electron chi connectivity index (χ0n) is 12.5. The third-order valence-electron chi connectivity index (χ3n) is 3.81. The van der Waals surface area contributed by atoms with Crippen LogP contribution in [0.15, 0.2) is 24.3 Å². The number of aromatic hydroxyl groups is 1. The summed E-state index contributed by atoms with van der Waals surface area (Å²) < 4.78 is 5.07. The lowest BCUT2D eigenvalue weighted by atomic mass is 10.1. The summed E-state index contributed by atoms with van der Waals surface area (Å²) in [6.07, 6.45) is -1.58. The quantitative estimate of drug-likeness (QED) is 0.622. The molecule has 0 radical (unpaired) electrons. The number of aliphatic hydroxyl groups is 2. The highest BCUT2D eigenvalue weighted by molar-refractivity contribution is 5.73. The van der Waals surface area contributed by atoms with Crippen molar-refractivity contribution in [3.63, 3.8) is 0 Å². The number of nitrogens with two attached hydrogens (primary N) is 1. The van der Waals surface area contributed by atoms with Gasteiger partial charge < -0.3 is 30.7 Å². The maximum absolute atomic E-state index is 10.1. The molecular formula is C15H18N4O4. The predicted octanol–water partition coefficient (Wildman–Crippen LogP) is -0.0182. The van der Waals surface area contributed by atoms with E-state index in [2.05, 4.69) is 9.97 Å². The van der Waals surface area contributed by atoms with Crippen LogP contribution in [-0.4, -0.2) is 57.7 Å². The molecule has 23 heavy (non-hydrogen) atoms. The number of aliphatic hydroxyl groups excluding tert-OH is 2. The Morgan fingerprint density at radius 2 is 1.87 bits per heavy atom. The summed E-state index contributed by atoms with van der Waals surface area (Å²) in [5.41, 5.74) is 7.30. The smallest absolute Gasteiger partial charge is 0.223 e. The van der Waals surface area contributed by atoms with Gasteiger partial charge in [-0.1, -0.05) is 0 Å². The van der Waals surface area contributed by atoms with Crippen LogP contribution in [0.3, 0.4) is 0 Å². The number of nitrogen functional groups attached to an aromatic ring is 1. The lowest BCUT2D eigenvalue weighted by Crippen LogP contribution is -2.22. The fourth-order valence-corrected chi connectivity index (χ4v) is 2.59. The topological polar surface area (TPSA) is 125 Å². The van der Waals surface area contributed by atoms with E-state index >= 15 is 0 Å². The van der Waals surface area contributed by atoms with Crippen LogP contribution in [0, 0.1) is 0 Å². The van der Waals surface area contributed by atoms with Gasteiger partial charge in [-0.3, -0.25) is 0 Å². The van der Waals surface area contributed by atoms with Crippen LogP contribution < -0.4 is 15.4 Å². The van der Waals surface area contributed by atoms with E-state index in [0.717, 1.165) is 5.69 Å². The number of nitrogens with zero attached hydrogens (tertiary/aromatic N) is 3. The average Bonchev–Trinajstić information content (AvgIpc) is 2.86. The Balaban J connectivity index is 2.00. The Bertz CT molecular complexity index is 715. The van der Waals surface area contributed by atoms with E-state index in [9.17, 15) is 15.3 Å². The zero-order valence-corrected chi connectivity index (χ0v) is 12.5. The molecule has 2 heterocycles. The van der Waals surface area contributed by atoms with E-state index in [1.807, 2.05) is 4.90 Å². The van der Waals surface area contributed by atoms with E-state index in [-0.39, 0.29) is 11.7 Å². The molecule has 1 aliphatic rings. The first-order chi connectivity index (χ1) is 11.0. The molecule has 8 heteroatoms. The number of phenolic OH excluding ortho intramolecular Hbond substituents is 1. The highest BCUT2D eigenvalue weighted by atomic mass is 16.5. The number of anilines is 2. The van der Waals surface area contributed by atoms with Crippen molar-refractivity contribution in [3.8, 4) is 22.9 Å². The summed E-state index contributed by atoms with van der Waals surface area (Å²) in [5.74, 6) is 0.370. The van der Waals surface area contributed by atoms with Crippen molar-refractivity contribution in [3.05, 3.63) is 24.3 Å². The van der Waals surface area contributed by atoms with Gasteiger partial charge in [0, 0.05) is 30.4 Å². The van der Waals surface area contributed by atoms with Gasteiger partial charge in [0.15, 0.2) is 0 Å². The van der Waals surface area contributed by atoms with Crippen LogP contribution >= 0.6 is 0 Å². The van der Waals surface area contributed by atoms with E-state index < -0.39 is 12.2 Å². The van der Waals surface area contributed by atoms with Crippen molar-refractivity contribution >= 4 is 11.6 Å². The van der Waals surface area contributed by atoms with Crippen LogP contribution in [-0.2, 0) is 0 Å². The molecule has 1 saturated heterocycles. The number of hydrogen-bond donors (Lipinski definition) is 4. The number of ether oxygens (including phenoxy) is 1. The molecule has 1 aromatic heterocycles. The summed E-state index contributed by atoms with van der Waals surface area (Å²) in [6, 6.07) is 6.54. The number of methoxy groups -OCH3 is 1. The summed E-state index contributed by atoms with van der Waals surface area (Å²) in [6.45, 7) is 0.640. The molecule has 5 N–H and O–H groups in total. The first kappa shape index (κ1) is 15.3. The number of benzene rings is 1. The maximum atomic E-state index is 10.1. The van der Waals surface area contributed by atoms with Gasteiger partial charge in [-0.05, 0) is 18.2 Å². The average molecular weight is 318 g/mol. The van der Waals surface area contributed by atoms with Crippen molar-refractivity contribution < 1.29 is 20.1 Å². The van der Waals surface area contributed by atoms with Gasteiger partial charge in [-0.15, -0.1) is 0 Å². The van der Waals surface area contributed by atoms with Gasteiger partial charge >= 0.3 is 0 Å². The summed E-state index contributed by atoms with van der Waals surface area (Å²) >= 11 is 0. The molecule has 0 saturated carbocycles. The van der Waals surface area contributed by atoms with Crippen molar-refractivity contribution in [2.75, 3.05) is 30.8 Å². The van der Waals surface area contributed by atoms with Crippen molar-refractivity contribution in [2.24, 2.45) is 0 Å². The van der Waals surface area contributed by atoms with Gasteiger partial charge in [-0.2, -0.15) is 4.98 Å². The van der Waals surface area contributed by atoms with Crippen LogP contribution in [0.1, 0.15) is 0 Å². The van der Waals surface area contributed by atoms with Crippen LogP contribution in [0.25, 0.3) is 11.3 Å². The Labute approximate surface area is 132 Å². The Hall–Kier alpha value is -2.58. The third-order valence-corrected chi connectivity index (χ3v) is 3.81. The van der Waals surface area contributed by atoms with E-state index in [1.165, 1.54) is 13.2 Å². The SMILES string of the molecule is COc1cc(-c2cc(N3C[C@H](O)[C@@H](O)C3)ccc2O)nc(N)n1. The van der Waals surface area contributed by atoms with Crippen molar-refractivity contribution in [1.29, 1.82) is 0 Å². The van der Waals surface area contributed by atoms with E-state index in [4.69, 9.17) is 10.5 Å². The normalized spacial score (nSPS) is 20.7. The van der Waals surface area contributed by atoms with Gasteiger partial charge in [0.05, 0.1) is 25.0 Å². The Kier molecular flexibility index (Phi) is 3.93. The van der Waals surface area contributed by atoms with Gasteiger partial charge in [0.25, 0.3) is 0 Å². The van der Waals surface area contributed by atoms with Gasteiger partial charge in [-0.25, -0.2) is 4.98 Å². The molecule has 0 spiro atoms. The van der Waals surface area contributed by atoms with Gasteiger partial charge in [0.1, 0.15) is 5.75 Å². The number of phenols is 1. The van der Waals surface area contributed by atoms with Crippen molar-refractivity contribution in [2.45, 2.75) is 12.2 Å². The molecule has 2 atom stereocenters. The minimum absolute atomic E-state index is 0.0363. The highest BCUT2D eigenvalue weighted by Crippen LogP contribution is 2.34. The molecule has 1 aromatic carbocycles. The standard InChI is InChI=1S/C15H18N4O4/c1-23-14-5-10(17-15(16)18-14)9-4-8(2-3-11(9)20)19-6-12(21)13(22)7-19/h2-5,12-13,20-22H,6-7H2,1H3,(H2,16,17,18)/t12-,13-/m0/s1. The molecule has 0 aliphatic carbocycles. The van der Waals surface area contributed by atoms with Crippen LogP contribution in [0.5, 0.6) is 11.6 Å². The van der Waals surface area contributed by atoms with Crippen LogP contribution in [0.2, 0.25) is 0 Å². The monoisotopic (exact) mass is 318 g/mol. The predicted molar refractivity (Wildman–Crippen MR) is 84.3 cm³/mol. The minimum Gasteiger partial charge on any atom is -0.507 e. The van der Waals surface area contributed by atoms with Gasteiger partial charge in [0.2, 0.25) is 11.8 Å². The molecule has 1 aliphatic heterocycles. The molecule has 122 valence electrons. The first-order valence-electron chi connectivity index (χ1n) is 7.11. The highest BCUT2D eigenvalue weighted by Gasteiger charge is 2.30. The lowest BCUT2D eigenvalue weighted by Gasteiger charge is -2.19. The largest absolute Gasteiger partial charge is 0.507 e. The molecule has 3 rings (SSSR count). The second kappa shape index (κ2) is 5.90. The molecule has 0 amide bonds. The Morgan fingerprint density at radius 3 is 2.52 bits per heavy atom. The maximum Gasteiger partial charge on any atom is 0.223 e.